The number of carbonyl (C=O) groups is 2. The van der Waals surface area contributed by atoms with Crippen molar-refractivity contribution in [3.05, 3.63) is 60.2 Å². The molecule has 11 nitrogen and oxygen atoms in total. The van der Waals surface area contributed by atoms with Crippen molar-refractivity contribution in [2.24, 2.45) is 4.99 Å². The average molecular weight is 557 g/mol. The maximum atomic E-state index is 13.3. The highest BCUT2D eigenvalue weighted by atomic mass is 32.2. The first kappa shape index (κ1) is 28.4. The fraction of sp³-hybridized carbons (Fsp3) is 0.444. The lowest BCUT2D eigenvalue weighted by Gasteiger charge is -2.38. The second kappa shape index (κ2) is 12.9. The molecule has 0 bridgehead atoms. The number of carboxylic acid groups (broad SMARTS) is 1. The molecular formula is C27H36N6O5S. The van der Waals surface area contributed by atoms with Gasteiger partial charge in [-0.1, -0.05) is 25.1 Å². The molecule has 3 N–H and O–H groups in total. The number of nitrogens with one attached hydrogen (secondary N) is 2. The molecule has 0 radical (unpaired) electrons. The van der Waals surface area contributed by atoms with Crippen molar-refractivity contribution in [2.45, 2.75) is 30.7 Å². The summed E-state index contributed by atoms with van der Waals surface area (Å²) in [6.45, 7) is 7.05. The molecule has 1 atom stereocenters. The first-order valence-electron chi connectivity index (χ1n) is 13.3. The summed E-state index contributed by atoms with van der Waals surface area (Å²) in [6.07, 6.45) is 1.65. The summed E-state index contributed by atoms with van der Waals surface area (Å²) in [5.74, 6) is -0.726. The number of carbonyl (C=O) groups excluding carboxylic acids is 1. The lowest BCUT2D eigenvalue weighted by Crippen LogP contribution is -2.53. The van der Waals surface area contributed by atoms with E-state index in [1.54, 1.807) is 30.3 Å². The van der Waals surface area contributed by atoms with Crippen LogP contribution in [0.2, 0.25) is 0 Å². The molecule has 0 aromatic heterocycles. The molecule has 2 aliphatic rings. The van der Waals surface area contributed by atoms with Crippen molar-refractivity contribution in [2.75, 3.05) is 57.3 Å². The van der Waals surface area contributed by atoms with Crippen molar-refractivity contribution >= 4 is 33.5 Å². The van der Waals surface area contributed by atoms with Gasteiger partial charge in [0.25, 0.3) is 5.91 Å². The van der Waals surface area contributed by atoms with Crippen molar-refractivity contribution in [3.63, 3.8) is 0 Å². The molecule has 4 rings (SSSR count). The van der Waals surface area contributed by atoms with Crippen molar-refractivity contribution < 1.29 is 23.1 Å². The van der Waals surface area contributed by atoms with Gasteiger partial charge in [0.05, 0.1) is 4.90 Å². The van der Waals surface area contributed by atoms with Crippen LogP contribution < -0.4 is 14.9 Å². The predicted molar refractivity (Wildman–Crippen MR) is 150 cm³/mol. The van der Waals surface area contributed by atoms with Gasteiger partial charge in [0, 0.05) is 63.6 Å². The van der Waals surface area contributed by atoms with Crippen molar-refractivity contribution in [3.8, 4) is 0 Å². The first-order valence-corrected chi connectivity index (χ1v) is 14.7. The minimum Gasteiger partial charge on any atom is -0.480 e. The van der Waals surface area contributed by atoms with Crippen LogP contribution in [0.5, 0.6) is 0 Å². The number of rotatable bonds is 10. The van der Waals surface area contributed by atoms with Gasteiger partial charge in [-0.15, -0.1) is 0 Å². The van der Waals surface area contributed by atoms with Gasteiger partial charge in [-0.25, -0.2) is 8.42 Å². The van der Waals surface area contributed by atoms with Crippen molar-refractivity contribution in [1.82, 2.24) is 19.8 Å². The summed E-state index contributed by atoms with van der Waals surface area (Å²) in [5, 5.41) is 13.1. The zero-order valence-electron chi connectivity index (χ0n) is 22.1. The molecule has 39 heavy (non-hydrogen) atoms. The third-order valence-corrected chi connectivity index (χ3v) is 8.26. The summed E-state index contributed by atoms with van der Waals surface area (Å²) in [7, 11) is -4.07. The van der Waals surface area contributed by atoms with Crippen molar-refractivity contribution in [1.29, 1.82) is 0 Å². The Bertz CT molecular complexity index is 1260. The smallest absolute Gasteiger partial charge is 0.323 e. The summed E-state index contributed by atoms with van der Waals surface area (Å²) in [4.78, 5) is 35.8. The summed E-state index contributed by atoms with van der Waals surface area (Å²) >= 11 is 0. The number of hydrogen-bond donors (Lipinski definition) is 3. The third-order valence-electron chi connectivity index (χ3n) is 6.77. The predicted octanol–water partition coefficient (Wildman–Crippen LogP) is 1.44. The van der Waals surface area contributed by atoms with E-state index in [0.717, 1.165) is 57.3 Å². The quantitative estimate of drug-likeness (QED) is 0.400. The monoisotopic (exact) mass is 556 g/mol. The molecule has 0 unspecified atom stereocenters. The third kappa shape index (κ3) is 7.27. The molecule has 1 saturated heterocycles. The lowest BCUT2D eigenvalue weighted by atomic mass is 10.1. The Balaban J connectivity index is 1.40. The Labute approximate surface area is 229 Å². The summed E-state index contributed by atoms with van der Waals surface area (Å²) < 4.78 is 27.7. The van der Waals surface area contributed by atoms with Gasteiger partial charge in [0.2, 0.25) is 10.0 Å². The van der Waals surface area contributed by atoms with Crippen LogP contribution in [0.4, 0.5) is 5.69 Å². The largest absolute Gasteiger partial charge is 0.480 e. The Morgan fingerprint density at radius 2 is 1.72 bits per heavy atom. The second-order valence-corrected chi connectivity index (χ2v) is 11.3. The minimum atomic E-state index is -4.07. The normalized spacial score (nSPS) is 16.7. The van der Waals surface area contributed by atoms with Crippen LogP contribution in [0.3, 0.4) is 0 Å². The molecule has 210 valence electrons. The van der Waals surface area contributed by atoms with Gasteiger partial charge in [-0.3, -0.25) is 14.6 Å². The van der Waals surface area contributed by atoms with E-state index in [2.05, 4.69) is 24.8 Å². The SMILES string of the molecule is CCCN(C[C@H](NS(=O)(=O)c1ccccc1)C(=O)O)C(=O)c1ccc(N2CCN(C3=NCCCN3)CC2)cc1. The van der Waals surface area contributed by atoms with Crippen LogP contribution in [0.25, 0.3) is 0 Å². The number of sulfonamides is 1. The number of benzene rings is 2. The summed E-state index contributed by atoms with van der Waals surface area (Å²) in [6, 6.07) is 13.3. The maximum absolute atomic E-state index is 13.3. The molecule has 2 aliphatic heterocycles. The van der Waals surface area contributed by atoms with E-state index in [0.29, 0.717) is 12.0 Å². The van der Waals surface area contributed by atoms with Crippen LogP contribution in [0.1, 0.15) is 30.1 Å². The van der Waals surface area contributed by atoms with Crippen LogP contribution >= 0.6 is 0 Å². The molecular weight excluding hydrogens is 520 g/mol. The van der Waals surface area contributed by atoms with Gasteiger partial charge in [-0.2, -0.15) is 4.72 Å². The molecule has 0 spiro atoms. The molecule has 12 heteroatoms. The molecule has 0 saturated carbocycles. The molecule has 1 amide bonds. The molecule has 0 aliphatic carbocycles. The van der Waals surface area contributed by atoms with Crippen LogP contribution in [0, 0.1) is 0 Å². The van der Waals surface area contributed by atoms with E-state index in [1.165, 1.54) is 17.0 Å². The van der Waals surface area contributed by atoms with Gasteiger partial charge in [0.15, 0.2) is 5.96 Å². The number of aliphatic carboxylic acids is 1. The zero-order chi connectivity index (χ0) is 27.8. The Morgan fingerprint density at radius 3 is 2.31 bits per heavy atom. The Hall–Kier alpha value is -3.64. The topological polar surface area (TPSA) is 135 Å². The first-order chi connectivity index (χ1) is 18.8. The van der Waals surface area contributed by atoms with E-state index in [1.807, 2.05) is 19.1 Å². The number of carboxylic acids is 1. The van der Waals surface area contributed by atoms with E-state index < -0.39 is 22.0 Å². The molecule has 2 heterocycles. The highest BCUT2D eigenvalue weighted by Gasteiger charge is 2.29. The van der Waals surface area contributed by atoms with Crippen LogP contribution in [-0.4, -0.2) is 99.6 Å². The maximum Gasteiger partial charge on any atom is 0.323 e. The number of hydrogen-bond acceptors (Lipinski definition) is 8. The number of nitrogens with zero attached hydrogens (tertiary/aromatic N) is 4. The van der Waals surface area contributed by atoms with Crippen LogP contribution in [0.15, 0.2) is 64.5 Å². The standard InChI is InChI=1S/C27H36N6O5S/c1-2-15-33(20-24(26(35)36)30-39(37,38)23-7-4-3-5-8-23)25(34)21-9-11-22(12-10-21)31-16-18-32(19-17-31)27-28-13-6-14-29-27/h3-5,7-12,24,30H,2,6,13-20H2,1H3,(H,28,29)(H,35,36)/t24-/m0/s1. The van der Waals surface area contributed by atoms with E-state index in [4.69, 9.17) is 0 Å². The molecule has 1 fully saturated rings. The Kier molecular flexibility index (Phi) is 9.41. The van der Waals surface area contributed by atoms with Gasteiger partial charge >= 0.3 is 5.97 Å². The van der Waals surface area contributed by atoms with E-state index in [9.17, 15) is 23.1 Å². The fourth-order valence-electron chi connectivity index (χ4n) is 4.69. The van der Waals surface area contributed by atoms with Gasteiger partial charge in [-0.05, 0) is 49.2 Å². The number of piperazine rings is 1. The highest BCUT2D eigenvalue weighted by molar-refractivity contribution is 7.89. The van der Waals surface area contributed by atoms with E-state index >= 15 is 0 Å². The average Bonchev–Trinajstić information content (AvgIpc) is 2.97. The van der Waals surface area contributed by atoms with Gasteiger partial charge < -0.3 is 25.1 Å². The van der Waals surface area contributed by atoms with Crippen LogP contribution in [-0.2, 0) is 14.8 Å². The number of anilines is 1. The van der Waals surface area contributed by atoms with Gasteiger partial charge in [0.1, 0.15) is 6.04 Å². The molecule has 2 aromatic carbocycles. The fourth-order valence-corrected chi connectivity index (χ4v) is 5.89. The molecule has 2 aromatic rings. The number of amides is 1. The summed E-state index contributed by atoms with van der Waals surface area (Å²) in [5.41, 5.74) is 1.42. The minimum absolute atomic E-state index is 0.0379. The van der Waals surface area contributed by atoms with E-state index in [-0.39, 0.29) is 23.9 Å². The number of guanidine groups is 1. The lowest BCUT2D eigenvalue weighted by molar-refractivity contribution is -0.139. The number of aliphatic imine (C=N–C) groups is 1. The zero-order valence-corrected chi connectivity index (χ0v) is 22.9. The Morgan fingerprint density at radius 1 is 1.05 bits per heavy atom. The highest BCUT2D eigenvalue weighted by Crippen LogP contribution is 2.19. The second-order valence-electron chi connectivity index (χ2n) is 9.58.